The number of aromatic carboxylic acids is 1. The molecule has 0 fully saturated rings. The number of fused-ring (bicyclic) bond motifs is 1. The first-order valence-corrected chi connectivity index (χ1v) is 8.04. The van der Waals surface area contributed by atoms with E-state index >= 15 is 0 Å². The van der Waals surface area contributed by atoms with Gasteiger partial charge in [-0.25, -0.2) is 9.78 Å². The summed E-state index contributed by atoms with van der Waals surface area (Å²) in [5.41, 5.74) is 1.37. The van der Waals surface area contributed by atoms with Crippen LogP contribution in [-0.4, -0.2) is 25.4 Å². The molecule has 0 amide bonds. The maximum Gasteiger partial charge on any atom is 0.354 e. The average molecular weight is 400 g/mol. The van der Waals surface area contributed by atoms with E-state index in [0.29, 0.717) is 0 Å². The monoisotopic (exact) mass is 400 g/mol. The maximum atomic E-state index is 11.4. The summed E-state index contributed by atoms with van der Waals surface area (Å²) in [4.78, 5) is 15.7. The topological polar surface area (TPSA) is 55.1 Å². The van der Waals surface area contributed by atoms with Crippen molar-refractivity contribution in [3.05, 3.63) is 45.3 Å². The maximum absolute atomic E-state index is 11.4. The van der Waals surface area contributed by atoms with Crippen LogP contribution in [0.1, 0.15) is 35.9 Å². The van der Waals surface area contributed by atoms with Gasteiger partial charge in [0.05, 0.1) is 12.2 Å². The minimum absolute atomic E-state index is 0.0224. The van der Waals surface area contributed by atoms with Gasteiger partial charge in [0.1, 0.15) is 5.69 Å². The van der Waals surface area contributed by atoms with Gasteiger partial charge in [-0.05, 0) is 54.1 Å². The summed E-state index contributed by atoms with van der Waals surface area (Å²) in [5, 5.41) is 10.1. The predicted molar refractivity (Wildman–Crippen MR) is 86.4 cm³/mol. The molecule has 0 spiro atoms. The highest BCUT2D eigenvalue weighted by molar-refractivity contribution is 14.1. The number of nitrogens with zero attached hydrogens (tertiary/aromatic N) is 2. The second-order valence-corrected chi connectivity index (χ2v) is 8.13. The second kappa shape index (κ2) is 4.77. The third-order valence-electron chi connectivity index (χ3n) is 3.42. The van der Waals surface area contributed by atoms with Gasteiger partial charge in [-0.15, -0.1) is 0 Å². The molecule has 0 saturated carbocycles. The number of carbonyl (C=O) groups is 1. The Bertz CT molecular complexity index is 696. The van der Waals surface area contributed by atoms with E-state index in [4.69, 9.17) is 0 Å². The molecule has 1 aromatic carbocycles. The van der Waals surface area contributed by atoms with Crippen LogP contribution in [0.15, 0.2) is 35.6 Å². The van der Waals surface area contributed by atoms with Gasteiger partial charge in [0.25, 0.3) is 0 Å². The molecule has 0 aliphatic carbocycles. The van der Waals surface area contributed by atoms with Crippen LogP contribution in [0.3, 0.4) is 0 Å². The number of hydrogen-bond donors (Lipinski definition) is 1. The lowest BCUT2D eigenvalue weighted by molar-refractivity contribution is 0.0682. The molecule has 6 heteroatoms. The van der Waals surface area contributed by atoms with Gasteiger partial charge >= 0.3 is 5.97 Å². The molecule has 2 heterocycles. The van der Waals surface area contributed by atoms with Gasteiger partial charge in [0.2, 0.25) is 0 Å². The van der Waals surface area contributed by atoms with Crippen molar-refractivity contribution in [1.82, 2.24) is 9.55 Å². The van der Waals surface area contributed by atoms with E-state index in [0.717, 1.165) is 14.3 Å². The van der Waals surface area contributed by atoms with Gasteiger partial charge in [-0.3, -0.25) is 0 Å². The molecule has 3 rings (SSSR count). The first kappa shape index (κ1) is 13.9. The zero-order chi connectivity index (χ0) is 14.5. The molecule has 1 unspecified atom stereocenters. The molecular formula is C14H13IN2O2S. The largest absolute Gasteiger partial charge is 0.477 e. The zero-order valence-electron chi connectivity index (χ0n) is 11.0. The highest BCUT2D eigenvalue weighted by Crippen LogP contribution is 2.51. The molecular weight excluding hydrogens is 387 g/mol. The standard InChI is InChI=1S/C14H13IN2O2S/c1-14(2)11(8-4-3-5-9(15)6-8)17-10(12(18)19)7-16-13(17)20-14/h3-7,11H,1-2H3,(H,18,19). The summed E-state index contributed by atoms with van der Waals surface area (Å²) in [6.07, 6.45) is 1.45. The Balaban J connectivity index is 2.20. The lowest BCUT2D eigenvalue weighted by Gasteiger charge is -2.28. The highest BCUT2D eigenvalue weighted by Gasteiger charge is 2.44. The minimum atomic E-state index is -0.933. The fourth-order valence-corrected chi connectivity index (χ4v) is 4.45. The van der Waals surface area contributed by atoms with Crippen molar-refractivity contribution >= 4 is 40.3 Å². The number of imidazole rings is 1. The molecule has 0 saturated heterocycles. The molecule has 2 aromatic rings. The van der Waals surface area contributed by atoms with E-state index in [2.05, 4.69) is 53.6 Å². The van der Waals surface area contributed by atoms with E-state index in [9.17, 15) is 9.90 Å². The van der Waals surface area contributed by atoms with Gasteiger partial charge < -0.3 is 9.67 Å². The van der Waals surface area contributed by atoms with E-state index in [1.54, 1.807) is 11.8 Å². The van der Waals surface area contributed by atoms with Crippen LogP contribution >= 0.6 is 34.4 Å². The third-order valence-corrected chi connectivity index (χ3v) is 5.32. The zero-order valence-corrected chi connectivity index (χ0v) is 14.0. The number of hydrogen-bond acceptors (Lipinski definition) is 3. The van der Waals surface area contributed by atoms with E-state index in [1.165, 1.54) is 6.20 Å². The number of aromatic nitrogens is 2. The molecule has 0 bridgehead atoms. The normalized spacial score (nSPS) is 19.9. The Morgan fingerprint density at radius 3 is 2.90 bits per heavy atom. The van der Waals surface area contributed by atoms with Crippen LogP contribution in [0.5, 0.6) is 0 Å². The molecule has 104 valence electrons. The van der Waals surface area contributed by atoms with Gasteiger partial charge in [-0.2, -0.15) is 0 Å². The number of rotatable bonds is 2. The Kier molecular flexibility index (Phi) is 3.32. The first-order chi connectivity index (χ1) is 9.40. The number of carboxylic acids is 1. The summed E-state index contributed by atoms with van der Waals surface area (Å²) in [6.45, 7) is 4.25. The van der Waals surface area contributed by atoms with Crippen molar-refractivity contribution in [2.24, 2.45) is 0 Å². The molecule has 1 aliphatic rings. The van der Waals surface area contributed by atoms with E-state index < -0.39 is 5.97 Å². The van der Waals surface area contributed by atoms with Gasteiger partial charge in [-0.1, -0.05) is 23.9 Å². The lowest BCUT2D eigenvalue weighted by atomic mass is 9.95. The summed E-state index contributed by atoms with van der Waals surface area (Å²) in [6, 6.07) is 8.18. The van der Waals surface area contributed by atoms with Crippen LogP contribution in [0.25, 0.3) is 0 Å². The van der Waals surface area contributed by atoms with Crippen LogP contribution in [-0.2, 0) is 0 Å². The number of halogens is 1. The van der Waals surface area contributed by atoms with E-state index in [-0.39, 0.29) is 16.5 Å². The summed E-state index contributed by atoms with van der Waals surface area (Å²) in [7, 11) is 0. The molecule has 1 N–H and O–H groups in total. The number of carboxylic acid groups (broad SMARTS) is 1. The number of thioether (sulfide) groups is 1. The van der Waals surface area contributed by atoms with Crippen molar-refractivity contribution < 1.29 is 9.90 Å². The fraction of sp³-hybridized carbons (Fsp3) is 0.286. The second-order valence-electron chi connectivity index (χ2n) is 5.26. The Hall–Kier alpha value is -1.02. The molecule has 1 aromatic heterocycles. The van der Waals surface area contributed by atoms with Crippen molar-refractivity contribution in [3.63, 3.8) is 0 Å². The van der Waals surface area contributed by atoms with Gasteiger partial charge in [0, 0.05) is 8.32 Å². The molecule has 4 nitrogen and oxygen atoms in total. The summed E-state index contributed by atoms with van der Waals surface area (Å²) in [5.74, 6) is -0.933. The quantitative estimate of drug-likeness (QED) is 0.782. The SMILES string of the molecule is CC1(C)Sc2ncc(C(=O)O)n2C1c1cccc(I)c1. The molecule has 20 heavy (non-hydrogen) atoms. The van der Waals surface area contributed by atoms with Crippen LogP contribution < -0.4 is 0 Å². The van der Waals surface area contributed by atoms with Gasteiger partial charge in [0.15, 0.2) is 5.16 Å². The summed E-state index contributed by atoms with van der Waals surface area (Å²) >= 11 is 3.90. The lowest BCUT2D eigenvalue weighted by Crippen LogP contribution is -2.27. The van der Waals surface area contributed by atoms with Crippen LogP contribution in [0.4, 0.5) is 0 Å². The molecule has 1 aliphatic heterocycles. The van der Waals surface area contributed by atoms with Crippen LogP contribution in [0.2, 0.25) is 0 Å². The van der Waals surface area contributed by atoms with Crippen molar-refractivity contribution in [2.45, 2.75) is 29.8 Å². The third kappa shape index (κ3) is 2.14. The van der Waals surface area contributed by atoms with E-state index in [1.807, 2.05) is 16.7 Å². The molecule has 0 radical (unpaired) electrons. The van der Waals surface area contributed by atoms with Crippen molar-refractivity contribution in [1.29, 1.82) is 0 Å². The highest BCUT2D eigenvalue weighted by atomic mass is 127. The minimum Gasteiger partial charge on any atom is -0.477 e. The fourth-order valence-electron chi connectivity index (χ4n) is 2.66. The first-order valence-electron chi connectivity index (χ1n) is 6.15. The Labute approximate surface area is 134 Å². The van der Waals surface area contributed by atoms with Crippen LogP contribution in [0, 0.1) is 3.57 Å². The summed E-state index contributed by atoms with van der Waals surface area (Å²) < 4.78 is 2.86. The average Bonchev–Trinajstić information content (AvgIpc) is 2.82. The Morgan fingerprint density at radius 1 is 1.50 bits per heavy atom. The Morgan fingerprint density at radius 2 is 2.25 bits per heavy atom. The van der Waals surface area contributed by atoms with Crippen molar-refractivity contribution in [2.75, 3.05) is 0 Å². The molecule has 1 atom stereocenters. The smallest absolute Gasteiger partial charge is 0.354 e. The predicted octanol–water partition coefficient (Wildman–Crippen LogP) is 3.66. The number of benzene rings is 1. The van der Waals surface area contributed by atoms with Crippen molar-refractivity contribution in [3.8, 4) is 0 Å².